The summed E-state index contributed by atoms with van der Waals surface area (Å²) in [6, 6.07) is 31.3. The van der Waals surface area contributed by atoms with Gasteiger partial charge in [-0.2, -0.15) is 4.98 Å². The minimum atomic E-state index is -0.393. The summed E-state index contributed by atoms with van der Waals surface area (Å²) in [6.45, 7) is 0. The number of nitrogens with zero attached hydrogens (tertiary/aromatic N) is 3. The van der Waals surface area contributed by atoms with Gasteiger partial charge in [0.25, 0.3) is 0 Å². The summed E-state index contributed by atoms with van der Waals surface area (Å²) in [7, 11) is 0. The molecule has 4 aromatic heterocycles. The Balaban J connectivity index is 1.34. The Morgan fingerprint density at radius 3 is 1.86 bits per heavy atom. The van der Waals surface area contributed by atoms with Gasteiger partial charge < -0.3 is 8.83 Å². The molecule has 0 spiro atoms. The predicted octanol–water partition coefficient (Wildman–Crippen LogP) is 7.22. The highest BCUT2D eigenvalue weighted by Gasteiger charge is 2.17. The predicted molar refractivity (Wildman–Crippen MR) is 145 cm³/mol. The van der Waals surface area contributed by atoms with E-state index >= 15 is 0 Å². The van der Waals surface area contributed by atoms with Crippen LogP contribution in [0.15, 0.2) is 117 Å². The monoisotopic (exact) mass is 479 g/mol. The molecule has 174 valence electrons. The van der Waals surface area contributed by atoms with E-state index in [4.69, 9.17) is 13.8 Å². The molecule has 0 aliphatic rings. The van der Waals surface area contributed by atoms with Gasteiger partial charge in [0.15, 0.2) is 5.82 Å². The van der Waals surface area contributed by atoms with Crippen LogP contribution >= 0.6 is 0 Å². The minimum Gasteiger partial charge on any atom is -0.456 e. The molecule has 6 nitrogen and oxygen atoms in total. The van der Waals surface area contributed by atoms with Crippen LogP contribution in [0.3, 0.4) is 0 Å². The zero-order valence-electron chi connectivity index (χ0n) is 19.4. The van der Waals surface area contributed by atoms with Crippen molar-refractivity contribution in [2.24, 2.45) is 0 Å². The van der Waals surface area contributed by atoms with Gasteiger partial charge in [0, 0.05) is 33.3 Å². The van der Waals surface area contributed by atoms with Crippen molar-refractivity contribution in [3.8, 4) is 22.5 Å². The molecule has 37 heavy (non-hydrogen) atoms. The molecule has 0 bridgehead atoms. The van der Waals surface area contributed by atoms with Gasteiger partial charge in [-0.15, -0.1) is 0 Å². The van der Waals surface area contributed by atoms with Gasteiger partial charge in [-0.05, 0) is 47.5 Å². The molecule has 4 heterocycles. The first kappa shape index (κ1) is 20.0. The summed E-state index contributed by atoms with van der Waals surface area (Å²) in [6.07, 6.45) is 1.80. The molecule has 0 atom stereocenters. The maximum Gasteiger partial charge on any atom is 0.355 e. The van der Waals surface area contributed by atoms with Crippen LogP contribution < -0.4 is 5.69 Å². The van der Waals surface area contributed by atoms with Crippen molar-refractivity contribution in [3.05, 3.63) is 114 Å². The molecule has 0 aliphatic heterocycles. The van der Waals surface area contributed by atoms with Gasteiger partial charge in [-0.3, -0.25) is 4.40 Å². The zero-order chi connectivity index (χ0) is 24.5. The van der Waals surface area contributed by atoms with Crippen molar-refractivity contribution in [1.82, 2.24) is 14.4 Å². The fraction of sp³-hybridized carbons (Fsp3) is 0. The van der Waals surface area contributed by atoms with Gasteiger partial charge in [-0.1, -0.05) is 60.7 Å². The van der Waals surface area contributed by atoms with Crippen molar-refractivity contribution in [2.45, 2.75) is 0 Å². The highest BCUT2D eigenvalue weighted by Crippen LogP contribution is 2.37. The molecule has 0 saturated carbocycles. The second-order valence-corrected chi connectivity index (χ2v) is 9.03. The van der Waals surface area contributed by atoms with Crippen molar-refractivity contribution in [3.63, 3.8) is 0 Å². The van der Waals surface area contributed by atoms with E-state index in [0.29, 0.717) is 11.5 Å². The summed E-state index contributed by atoms with van der Waals surface area (Å²) >= 11 is 0. The number of para-hydroxylation sites is 2. The number of hydrogen-bond donors (Lipinski definition) is 0. The van der Waals surface area contributed by atoms with E-state index in [1.54, 1.807) is 6.20 Å². The Bertz CT molecular complexity index is 2240. The Morgan fingerprint density at radius 2 is 1.16 bits per heavy atom. The Morgan fingerprint density at radius 1 is 0.568 bits per heavy atom. The molecule has 4 aromatic carbocycles. The number of aromatic nitrogens is 3. The SMILES string of the molecule is O=c1nc(-c2cccc3oc4ccccc4c23)nc2ccc(-c3cccc4oc5ccccc5c34)cn12. The number of pyridine rings is 1. The second kappa shape index (κ2) is 7.38. The maximum atomic E-state index is 13.3. The van der Waals surface area contributed by atoms with Crippen LogP contribution in [0.4, 0.5) is 0 Å². The van der Waals surface area contributed by atoms with Gasteiger partial charge in [0.1, 0.15) is 28.0 Å². The molecule has 0 radical (unpaired) electrons. The molecule has 0 saturated heterocycles. The zero-order valence-corrected chi connectivity index (χ0v) is 19.4. The standard InChI is InChI=1S/C31H17N3O3/c35-31-33-30(22-10-6-14-26-29(22)21-8-2-4-12-24(21)37-26)32-27-16-15-18(17-34(27)31)19-9-5-13-25-28(19)20-7-1-3-11-23(20)36-25/h1-17H. The summed E-state index contributed by atoms with van der Waals surface area (Å²) in [5.74, 6) is 0.373. The third-order valence-electron chi connectivity index (χ3n) is 6.91. The van der Waals surface area contributed by atoms with Crippen molar-refractivity contribution >= 4 is 49.5 Å². The van der Waals surface area contributed by atoms with Crippen molar-refractivity contribution in [2.75, 3.05) is 0 Å². The first-order valence-corrected chi connectivity index (χ1v) is 12.0. The van der Waals surface area contributed by atoms with E-state index in [1.165, 1.54) is 4.40 Å². The van der Waals surface area contributed by atoms with E-state index in [0.717, 1.165) is 60.6 Å². The lowest BCUT2D eigenvalue weighted by molar-refractivity contribution is 0.668. The molecule has 0 fully saturated rings. The average molecular weight is 479 g/mol. The first-order chi connectivity index (χ1) is 18.2. The highest BCUT2D eigenvalue weighted by atomic mass is 16.3. The molecule has 0 aliphatic carbocycles. The van der Waals surface area contributed by atoms with Crippen LogP contribution in [0.5, 0.6) is 0 Å². The molecule has 6 heteroatoms. The third-order valence-corrected chi connectivity index (χ3v) is 6.91. The van der Waals surface area contributed by atoms with E-state index in [9.17, 15) is 4.79 Å². The Hall–Kier alpha value is -5.23. The second-order valence-electron chi connectivity index (χ2n) is 9.03. The average Bonchev–Trinajstić information content (AvgIpc) is 3.51. The molecular weight excluding hydrogens is 462 g/mol. The van der Waals surface area contributed by atoms with Crippen molar-refractivity contribution < 1.29 is 8.83 Å². The van der Waals surface area contributed by atoms with Crippen LogP contribution in [0.2, 0.25) is 0 Å². The number of benzene rings is 4. The van der Waals surface area contributed by atoms with E-state index in [2.05, 4.69) is 4.98 Å². The van der Waals surface area contributed by atoms with E-state index in [1.807, 2.05) is 97.1 Å². The van der Waals surface area contributed by atoms with Crippen LogP contribution in [-0.4, -0.2) is 14.4 Å². The quantitative estimate of drug-likeness (QED) is 0.262. The smallest absolute Gasteiger partial charge is 0.355 e. The lowest BCUT2D eigenvalue weighted by Crippen LogP contribution is -2.19. The number of hydrogen-bond acceptors (Lipinski definition) is 5. The summed E-state index contributed by atoms with van der Waals surface area (Å²) in [4.78, 5) is 22.4. The van der Waals surface area contributed by atoms with E-state index < -0.39 is 5.69 Å². The van der Waals surface area contributed by atoms with Gasteiger partial charge >= 0.3 is 5.69 Å². The molecular formula is C31H17N3O3. The van der Waals surface area contributed by atoms with Crippen LogP contribution in [-0.2, 0) is 0 Å². The first-order valence-electron chi connectivity index (χ1n) is 12.0. The Kier molecular flexibility index (Phi) is 3.99. The number of rotatable bonds is 2. The fourth-order valence-electron chi connectivity index (χ4n) is 5.27. The van der Waals surface area contributed by atoms with E-state index in [-0.39, 0.29) is 0 Å². The van der Waals surface area contributed by atoms with Gasteiger partial charge in [-0.25, -0.2) is 9.78 Å². The van der Waals surface area contributed by atoms with Gasteiger partial charge in [0.05, 0.1) is 0 Å². The van der Waals surface area contributed by atoms with Crippen LogP contribution in [0.1, 0.15) is 0 Å². The maximum absolute atomic E-state index is 13.3. The minimum absolute atomic E-state index is 0.373. The lowest BCUT2D eigenvalue weighted by Gasteiger charge is -2.08. The number of furan rings is 2. The largest absolute Gasteiger partial charge is 0.456 e. The highest BCUT2D eigenvalue weighted by molar-refractivity contribution is 6.13. The molecule has 8 aromatic rings. The topological polar surface area (TPSA) is 73.5 Å². The summed E-state index contributed by atoms with van der Waals surface area (Å²) < 4.78 is 13.6. The Labute approximate surface area is 209 Å². The summed E-state index contributed by atoms with van der Waals surface area (Å²) in [5, 5.41) is 3.92. The molecule has 0 unspecified atom stereocenters. The lowest BCUT2D eigenvalue weighted by atomic mass is 10.0. The molecule has 8 rings (SSSR count). The van der Waals surface area contributed by atoms with Crippen LogP contribution in [0, 0.1) is 0 Å². The molecule has 0 amide bonds. The third kappa shape index (κ3) is 2.90. The van der Waals surface area contributed by atoms with Crippen LogP contribution in [0.25, 0.3) is 72.0 Å². The summed E-state index contributed by atoms with van der Waals surface area (Å²) in [5.41, 5.74) is 5.91. The van der Waals surface area contributed by atoms with Crippen molar-refractivity contribution in [1.29, 1.82) is 0 Å². The molecule has 0 N–H and O–H groups in total. The normalized spacial score (nSPS) is 11.9. The van der Waals surface area contributed by atoms with Gasteiger partial charge in [0.2, 0.25) is 0 Å². The fourth-order valence-corrected chi connectivity index (χ4v) is 5.27. The number of fused-ring (bicyclic) bond motifs is 7.